The fraction of sp³-hybridized carbons (Fsp3) is 0.308. The summed E-state index contributed by atoms with van der Waals surface area (Å²) in [5.74, 6) is -2.27. The number of aliphatic carboxylic acids is 1. The maximum absolute atomic E-state index is 11.9. The van der Waals surface area contributed by atoms with Crippen molar-refractivity contribution in [2.75, 3.05) is 0 Å². The van der Waals surface area contributed by atoms with Gasteiger partial charge in [0.15, 0.2) is 0 Å². The van der Waals surface area contributed by atoms with Gasteiger partial charge in [-0.05, 0) is 25.0 Å². The molecule has 0 radical (unpaired) electrons. The molecule has 0 aromatic heterocycles. The number of primary amides is 1. The van der Waals surface area contributed by atoms with Crippen molar-refractivity contribution in [2.45, 2.75) is 25.8 Å². The molecule has 1 unspecified atom stereocenters. The second kappa shape index (κ2) is 6.53. The predicted molar refractivity (Wildman–Crippen MR) is 68.5 cm³/mol. The molecule has 1 aromatic rings. The van der Waals surface area contributed by atoms with E-state index in [1.807, 2.05) is 0 Å². The van der Waals surface area contributed by atoms with Gasteiger partial charge in [0, 0.05) is 12.0 Å². The van der Waals surface area contributed by atoms with Gasteiger partial charge >= 0.3 is 5.97 Å². The van der Waals surface area contributed by atoms with Gasteiger partial charge in [-0.1, -0.05) is 18.2 Å². The third-order valence-corrected chi connectivity index (χ3v) is 2.67. The third kappa shape index (κ3) is 4.42. The molecule has 102 valence electrons. The summed E-state index contributed by atoms with van der Waals surface area (Å²) >= 11 is 0. The first kappa shape index (κ1) is 14.7. The molecular formula is C13H16N2O4. The molecular weight excluding hydrogens is 248 g/mol. The molecule has 6 heteroatoms. The lowest BCUT2D eigenvalue weighted by molar-refractivity contribution is -0.139. The van der Waals surface area contributed by atoms with Crippen LogP contribution >= 0.6 is 0 Å². The number of aryl methyl sites for hydroxylation is 1. The minimum absolute atomic E-state index is 0.0255. The summed E-state index contributed by atoms with van der Waals surface area (Å²) in [4.78, 5) is 33.6. The highest BCUT2D eigenvalue weighted by Gasteiger charge is 2.21. The van der Waals surface area contributed by atoms with Crippen LogP contribution in [0.1, 0.15) is 28.8 Å². The molecule has 1 atom stereocenters. The standard InChI is InChI=1S/C13H16N2O4/c1-8-4-2-3-5-9(8)12(17)15-10(13(18)19)6-7-11(14)16/h2-5,10H,6-7H2,1H3,(H2,14,16)(H,15,17)(H,18,19). The monoisotopic (exact) mass is 264 g/mol. The summed E-state index contributed by atoms with van der Waals surface area (Å²) in [6.45, 7) is 1.76. The van der Waals surface area contributed by atoms with E-state index in [0.29, 0.717) is 5.56 Å². The molecule has 6 nitrogen and oxygen atoms in total. The van der Waals surface area contributed by atoms with Crippen molar-refractivity contribution < 1.29 is 19.5 Å². The van der Waals surface area contributed by atoms with E-state index >= 15 is 0 Å². The van der Waals surface area contributed by atoms with Crippen molar-refractivity contribution in [3.63, 3.8) is 0 Å². The summed E-state index contributed by atoms with van der Waals surface area (Å²) in [5, 5.41) is 11.4. The number of amides is 2. The number of carbonyl (C=O) groups excluding carboxylic acids is 2. The first-order chi connectivity index (χ1) is 8.91. The minimum Gasteiger partial charge on any atom is -0.480 e. The van der Waals surface area contributed by atoms with Gasteiger partial charge in [-0.2, -0.15) is 0 Å². The van der Waals surface area contributed by atoms with Crippen LogP contribution in [0.4, 0.5) is 0 Å². The Hall–Kier alpha value is -2.37. The van der Waals surface area contributed by atoms with Crippen LogP contribution in [0.15, 0.2) is 24.3 Å². The van der Waals surface area contributed by atoms with Crippen molar-refractivity contribution >= 4 is 17.8 Å². The van der Waals surface area contributed by atoms with Crippen molar-refractivity contribution in [3.8, 4) is 0 Å². The van der Waals surface area contributed by atoms with Crippen LogP contribution in [0.3, 0.4) is 0 Å². The molecule has 1 aromatic carbocycles. The van der Waals surface area contributed by atoms with E-state index in [1.165, 1.54) is 0 Å². The number of nitrogens with two attached hydrogens (primary N) is 1. The van der Waals surface area contributed by atoms with E-state index in [2.05, 4.69) is 5.32 Å². The molecule has 4 N–H and O–H groups in total. The Morgan fingerprint density at radius 2 is 1.95 bits per heavy atom. The van der Waals surface area contributed by atoms with Crippen LogP contribution in [-0.2, 0) is 9.59 Å². The average Bonchev–Trinajstić information content (AvgIpc) is 2.34. The molecule has 0 aliphatic rings. The number of carboxylic acid groups (broad SMARTS) is 1. The van der Waals surface area contributed by atoms with Crippen LogP contribution in [0.25, 0.3) is 0 Å². The second-order valence-electron chi connectivity index (χ2n) is 4.18. The Bertz CT molecular complexity index is 499. The number of hydrogen-bond donors (Lipinski definition) is 3. The van der Waals surface area contributed by atoms with Gasteiger partial charge in [-0.3, -0.25) is 9.59 Å². The Morgan fingerprint density at radius 3 is 2.47 bits per heavy atom. The molecule has 0 aliphatic heterocycles. The third-order valence-electron chi connectivity index (χ3n) is 2.67. The smallest absolute Gasteiger partial charge is 0.326 e. The molecule has 0 heterocycles. The Kier molecular flexibility index (Phi) is 5.05. The number of benzene rings is 1. The fourth-order valence-electron chi connectivity index (χ4n) is 1.61. The van der Waals surface area contributed by atoms with Gasteiger partial charge in [-0.15, -0.1) is 0 Å². The Labute approximate surface area is 110 Å². The molecule has 0 saturated carbocycles. The number of nitrogens with one attached hydrogen (secondary N) is 1. The van der Waals surface area contributed by atoms with Crippen molar-refractivity contribution in [1.82, 2.24) is 5.32 Å². The lowest BCUT2D eigenvalue weighted by Gasteiger charge is -2.14. The Morgan fingerprint density at radius 1 is 1.32 bits per heavy atom. The summed E-state index contributed by atoms with van der Waals surface area (Å²) in [7, 11) is 0. The van der Waals surface area contributed by atoms with E-state index < -0.39 is 23.8 Å². The first-order valence-electron chi connectivity index (χ1n) is 5.79. The molecule has 19 heavy (non-hydrogen) atoms. The summed E-state index contributed by atoms with van der Waals surface area (Å²) < 4.78 is 0. The highest BCUT2D eigenvalue weighted by molar-refractivity contribution is 5.97. The molecule has 2 amide bonds. The molecule has 0 aliphatic carbocycles. The molecule has 0 saturated heterocycles. The number of carbonyl (C=O) groups is 3. The second-order valence-corrected chi connectivity index (χ2v) is 4.18. The van der Waals surface area contributed by atoms with E-state index in [1.54, 1.807) is 31.2 Å². The number of carboxylic acids is 1. The highest BCUT2D eigenvalue weighted by atomic mass is 16.4. The SMILES string of the molecule is Cc1ccccc1C(=O)NC(CCC(N)=O)C(=O)O. The zero-order chi connectivity index (χ0) is 14.4. The van der Waals surface area contributed by atoms with Gasteiger partial charge in [0.1, 0.15) is 6.04 Å². The minimum atomic E-state index is -1.19. The van der Waals surface area contributed by atoms with Crippen molar-refractivity contribution in [1.29, 1.82) is 0 Å². The quantitative estimate of drug-likeness (QED) is 0.692. The van der Waals surface area contributed by atoms with Gasteiger partial charge in [-0.25, -0.2) is 4.79 Å². The molecule has 1 rings (SSSR count). The first-order valence-corrected chi connectivity index (χ1v) is 5.79. The largest absolute Gasteiger partial charge is 0.480 e. The van der Waals surface area contributed by atoms with Crippen LogP contribution in [0, 0.1) is 6.92 Å². The summed E-state index contributed by atoms with van der Waals surface area (Å²) in [6.07, 6.45) is -0.118. The lowest BCUT2D eigenvalue weighted by Crippen LogP contribution is -2.41. The van der Waals surface area contributed by atoms with E-state index in [9.17, 15) is 14.4 Å². The number of hydrogen-bond acceptors (Lipinski definition) is 3. The maximum Gasteiger partial charge on any atom is 0.326 e. The zero-order valence-electron chi connectivity index (χ0n) is 10.6. The van der Waals surface area contributed by atoms with Gasteiger partial charge in [0.25, 0.3) is 5.91 Å². The normalized spacial score (nSPS) is 11.6. The Balaban J connectivity index is 2.74. The predicted octanol–water partition coefficient (Wildman–Crippen LogP) is 0.444. The van der Waals surface area contributed by atoms with Gasteiger partial charge in [0.2, 0.25) is 5.91 Å². The van der Waals surface area contributed by atoms with Crippen LogP contribution < -0.4 is 11.1 Å². The summed E-state index contributed by atoms with van der Waals surface area (Å²) in [6, 6.07) is 5.72. The molecule has 0 spiro atoms. The van der Waals surface area contributed by atoms with Gasteiger partial charge in [0.05, 0.1) is 0 Å². The zero-order valence-corrected chi connectivity index (χ0v) is 10.6. The highest BCUT2D eigenvalue weighted by Crippen LogP contribution is 2.08. The van der Waals surface area contributed by atoms with E-state index in [-0.39, 0.29) is 12.8 Å². The lowest BCUT2D eigenvalue weighted by atomic mass is 10.1. The van der Waals surface area contributed by atoms with E-state index in [0.717, 1.165) is 5.56 Å². The maximum atomic E-state index is 11.9. The van der Waals surface area contributed by atoms with Crippen LogP contribution in [0.2, 0.25) is 0 Å². The van der Waals surface area contributed by atoms with Crippen LogP contribution in [-0.4, -0.2) is 28.9 Å². The van der Waals surface area contributed by atoms with Gasteiger partial charge < -0.3 is 16.2 Å². The van der Waals surface area contributed by atoms with E-state index in [4.69, 9.17) is 10.8 Å². The fourth-order valence-corrected chi connectivity index (χ4v) is 1.61. The molecule has 0 bridgehead atoms. The summed E-state index contributed by atoms with van der Waals surface area (Å²) in [5.41, 5.74) is 6.12. The molecule has 0 fully saturated rings. The van der Waals surface area contributed by atoms with Crippen molar-refractivity contribution in [3.05, 3.63) is 35.4 Å². The topological polar surface area (TPSA) is 109 Å². The number of rotatable bonds is 6. The van der Waals surface area contributed by atoms with Crippen LogP contribution in [0.5, 0.6) is 0 Å². The van der Waals surface area contributed by atoms with Crippen molar-refractivity contribution in [2.24, 2.45) is 5.73 Å². The average molecular weight is 264 g/mol.